The largest absolute Gasteiger partial charge is 0.493 e. The van der Waals surface area contributed by atoms with Crippen molar-refractivity contribution >= 4 is 24.1 Å². The lowest BCUT2D eigenvalue weighted by Crippen LogP contribution is -2.45. The van der Waals surface area contributed by atoms with Crippen LogP contribution in [0.5, 0.6) is 11.5 Å². The number of hydrogen-bond acceptors (Lipinski definition) is 7. The summed E-state index contributed by atoms with van der Waals surface area (Å²) < 4.78 is 15.8. The number of carbonyl (C=O) groups is 3. The summed E-state index contributed by atoms with van der Waals surface area (Å²) in [6, 6.07) is 11.4. The number of aryl methyl sites for hydroxylation is 1. The molecular formula is C24H26N4O6. The van der Waals surface area contributed by atoms with Crippen molar-refractivity contribution in [2.24, 2.45) is 5.10 Å². The Hall–Kier alpha value is -4.34. The van der Waals surface area contributed by atoms with Gasteiger partial charge in [-0.3, -0.25) is 4.79 Å². The number of esters is 1. The van der Waals surface area contributed by atoms with E-state index in [1.54, 1.807) is 25.1 Å². The highest BCUT2D eigenvalue weighted by Crippen LogP contribution is 2.34. The number of hydrogen-bond donors (Lipinski definition) is 3. The number of nitrogens with one attached hydrogen (secondary N) is 3. The van der Waals surface area contributed by atoms with E-state index < -0.39 is 23.9 Å². The van der Waals surface area contributed by atoms with E-state index in [1.165, 1.54) is 20.4 Å². The first kappa shape index (κ1) is 24.3. The molecule has 0 fully saturated rings. The van der Waals surface area contributed by atoms with Crippen LogP contribution >= 0.6 is 0 Å². The molecule has 34 heavy (non-hydrogen) atoms. The monoisotopic (exact) mass is 466 g/mol. The lowest BCUT2D eigenvalue weighted by Gasteiger charge is -2.28. The number of carbonyl (C=O) groups excluding carboxylic acids is 3. The zero-order valence-corrected chi connectivity index (χ0v) is 19.3. The molecule has 1 atom stereocenters. The second kappa shape index (κ2) is 11.0. The molecule has 3 rings (SSSR count). The van der Waals surface area contributed by atoms with Gasteiger partial charge in [-0.2, -0.15) is 5.10 Å². The van der Waals surface area contributed by atoms with Gasteiger partial charge < -0.3 is 24.8 Å². The minimum absolute atomic E-state index is 0.267. The van der Waals surface area contributed by atoms with Crippen molar-refractivity contribution in [1.82, 2.24) is 16.1 Å². The Labute approximate surface area is 197 Å². The van der Waals surface area contributed by atoms with E-state index in [0.717, 1.165) is 11.1 Å². The Morgan fingerprint density at radius 2 is 1.82 bits per heavy atom. The van der Waals surface area contributed by atoms with Crippen LogP contribution < -0.4 is 25.5 Å². The number of rotatable bonds is 8. The molecule has 1 aliphatic rings. The number of nitrogens with zero attached hydrogens (tertiary/aromatic N) is 1. The topological polar surface area (TPSA) is 127 Å². The Morgan fingerprint density at radius 3 is 2.50 bits per heavy atom. The van der Waals surface area contributed by atoms with Gasteiger partial charge in [0, 0.05) is 5.70 Å². The first-order valence-electron chi connectivity index (χ1n) is 10.4. The van der Waals surface area contributed by atoms with Gasteiger partial charge in [0.15, 0.2) is 18.1 Å². The van der Waals surface area contributed by atoms with E-state index in [2.05, 4.69) is 21.2 Å². The molecule has 0 radical (unpaired) electrons. The van der Waals surface area contributed by atoms with Gasteiger partial charge in [0.05, 0.1) is 32.0 Å². The van der Waals surface area contributed by atoms with Crippen molar-refractivity contribution in [2.45, 2.75) is 19.9 Å². The van der Waals surface area contributed by atoms with Crippen molar-refractivity contribution in [2.75, 3.05) is 20.8 Å². The van der Waals surface area contributed by atoms with Crippen molar-refractivity contribution in [1.29, 1.82) is 0 Å². The zero-order chi connectivity index (χ0) is 24.7. The summed E-state index contributed by atoms with van der Waals surface area (Å²) in [7, 11) is 2.71. The highest BCUT2D eigenvalue weighted by molar-refractivity contribution is 5.95. The third-order valence-electron chi connectivity index (χ3n) is 5.03. The van der Waals surface area contributed by atoms with Gasteiger partial charge in [-0.1, -0.05) is 35.9 Å². The van der Waals surface area contributed by atoms with Crippen LogP contribution in [0.3, 0.4) is 0 Å². The van der Waals surface area contributed by atoms with E-state index >= 15 is 0 Å². The van der Waals surface area contributed by atoms with Gasteiger partial charge in [-0.15, -0.1) is 0 Å². The minimum Gasteiger partial charge on any atom is -0.493 e. The molecule has 0 saturated carbocycles. The first-order chi connectivity index (χ1) is 16.3. The van der Waals surface area contributed by atoms with Crippen molar-refractivity contribution in [3.8, 4) is 11.5 Å². The lowest BCUT2D eigenvalue weighted by molar-refractivity contribution is -0.136. The number of benzene rings is 2. The van der Waals surface area contributed by atoms with Crippen molar-refractivity contribution in [3.05, 3.63) is 70.4 Å². The van der Waals surface area contributed by atoms with Gasteiger partial charge in [0.2, 0.25) is 0 Å². The second-order valence-electron chi connectivity index (χ2n) is 7.46. The number of allylic oxidation sites excluding steroid dienone is 1. The van der Waals surface area contributed by atoms with E-state index in [-0.39, 0.29) is 12.2 Å². The second-order valence-corrected chi connectivity index (χ2v) is 7.46. The Balaban J connectivity index is 1.68. The average molecular weight is 466 g/mol. The molecule has 0 spiro atoms. The molecule has 0 aliphatic carbocycles. The standard InChI is InChI=1S/C24H26N4O6/c1-14-5-7-16(8-6-14)12-25-28-20(29)13-34-18-10-9-17(11-19(18)32-3)22-21(23(30)33-4)15(2)26-24(31)27-22/h5-12,22H,13H2,1-4H3,(H,28,29)(H2,26,27,31)/b25-12-/t22-/m1/s1. The third-order valence-corrected chi connectivity index (χ3v) is 5.03. The molecule has 2 aromatic rings. The fourth-order valence-electron chi connectivity index (χ4n) is 3.31. The fraction of sp³-hybridized carbons (Fsp3) is 0.250. The molecule has 3 N–H and O–H groups in total. The van der Waals surface area contributed by atoms with E-state index in [1.807, 2.05) is 31.2 Å². The first-order valence-corrected chi connectivity index (χ1v) is 10.4. The Morgan fingerprint density at radius 1 is 1.09 bits per heavy atom. The maximum absolute atomic E-state index is 12.3. The van der Waals surface area contributed by atoms with Crippen LogP contribution in [-0.2, 0) is 14.3 Å². The van der Waals surface area contributed by atoms with Crippen LogP contribution in [0.1, 0.15) is 29.7 Å². The number of amides is 3. The highest BCUT2D eigenvalue weighted by Gasteiger charge is 2.32. The quantitative estimate of drug-likeness (QED) is 0.311. The predicted octanol–water partition coefficient (Wildman–Crippen LogP) is 2.33. The molecule has 3 amide bonds. The van der Waals surface area contributed by atoms with Gasteiger partial charge in [0.1, 0.15) is 0 Å². The smallest absolute Gasteiger partial charge is 0.337 e. The SMILES string of the molecule is COC(=O)C1=C(C)NC(=O)N[C@@H]1c1ccc(OCC(=O)N/N=C\c2ccc(C)cc2)c(OC)c1. The minimum atomic E-state index is -0.747. The summed E-state index contributed by atoms with van der Waals surface area (Å²) >= 11 is 0. The maximum Gasteiger partial charge on any atom is 0.337 e. The number of methoxy groups -OCH3 is 2. The van der Waals surface area contributed by atoms with Crippen LogP contribution in [0.15, 0.2) is 58.8 Å². The number of ether oxygens (including phenoxy) is 3. The molecule has 1 aliphatic heterocycles. The summed E-state index contributed by atoms with van der Waals surface area (Å²) in [4.78, 5) is 36.4. The van der Waals surface area contributed by atoms with Gasteiger partial charge in [0.25, 0.3) is 5.91 Å². The van der Waals surface area contributed by atoms with Crippen molar-refractivity contribution < 1.29 is 28.6 Å². The van der Waals surface area contributed by atoms with E-state index in [9.17, 15) is 14.4 Å². The fourth-order valence-corrected chi connectivity index (χ4v) is 3.31. The predicted molar refractivity (Wildman–Crippen MR) is 125 cm³/mol. The molecule has 10 nitrogen and oxygen atoms in total. The summed E-state index contributed by atoms with van der Waals surface area (Å²) in [5.74, 6) is -0.392. The molecule has 10 heteroatoms. The van der Waals surface area contributed by atoms with Gasteiger partial charge in [-0.05, 0) is 37.1 Å². The molecule has 0 saturated heterocycles. The lowest BCUT2D eigenvalue weighted by atomic mass is 9.95. The van der Waals surface area contributed by atoms with Crippen LogP contribution in [0.4, 0.5) is 4.79 Å². The summed E-state index contributed by atoms with van der Waals surface area (Å²) in [6.45, 7) is 3.31. The van der Waals surface area contributed by atoms with Crippen LogP contribution in [0.2, 0.25) is 0 Å². The summed E-state index contributed by atoms with van der Waals surface area (Å²) in [5.41, 5.74) is 5.62. The van der Waals surface area contributed by atoms with Crippen LogP contribution in [0.25, 0.3) is 0 Å². The average Bonchev–Trinajstić information content (AvgIpc) is 2.83. The highest BCUT2D eigenvalue weighted by atomic mass is 16.5. The van der Waals surface area contributed by atoms with E-state index in [0.29, 0.717) is 22.8 Å². The molecule has 2 aromatic carbocycles. The Kier molecular flexibility index (Phi) is 7.86. The maximum atomic E-state index is 12.3. The number of urea groups is 1. The summed E-state index contributed by atoms with van der Waals surface area (Å²) in [6.07, 6.45) is 1.54. The van der Waals surface area contributed by atoms with Gasteiger partial charge >= 0.3 is 12.0 Å². The zero-order valence-electron chi connectivity index (χ0n) is 19.3. The molecule has 178 valence electrons. The molecule has 1 heterocycles. The number of hydrazone groups is 1. The van der Waals surface area contributed by atoms with Gasteiger partial charge in [-0.25, -0.2) is 15.0 Å². The molecule has 0 aromatic heterocycles. The third kappa shape index (κ3) is 5.91. The summed E-state index contributed by atoms with van der Waals surface area (Å²) in [5, 5.41) is 9.19. The molecule has 0 bridgehead atoms. The Bertz CT molecular complexity index is 1140. The van der Waals surface area contributed by atoms with Crippen molar-refractivity contribution in [3.63, 3.8) is 0 Å². The van der Waals surface area contributed by atoms with E-state index in [4.69, 9.17) is 14.2 Å². The molecular weight excluding hydrogens is 440 g/mol. The van der Waals surface area contributed by atoms with Crippen LogP contribution in [0, 0.1) is 6.92 Å². The molecule has 0 unspecified atom stereocenters. The normalized spacial score (nSPS) is 15.4. The van der Waals surface area contributed by atoms with Crippen LogP contribution in [-0.4, -0.2) is 44.9 Å².